The van der Waals surface area contributed by atoms with Gasteiger partial charge in [-0.3, -0.25) is 0 Å². The number of benzene rings is 2. The van der Waals surface area contributed by atoms with Gasteiger partial charge in [-0.15, -0.1) is 0 Å². The zero-order valence-corrected chi connectivity index (χ0v) is 11.2. The molecule has 1 fully saturated rings. The third-order valence-corrected chi connectivity index (χ3v) is 4.01. The summed E-state index contributed by atoms with van der Waals surface area (Å²) in [5.74, 6) is 0.230. The lowest BCUT2D eigenvalue weighted by Gasteiger charge is -2.37. The first kappa shape index (κ1) is 12.5. The van der Waals surface area contributed by atoms with Gasteiger partial charge in [0.2, 0.25) is 0 Å². The molecule has 0 amide bonds. The maximum absolute atomic E-state index is 13.7. The number of halogens is 2. The lowest BCUT2D eigenvalue weighted by molar-refractivity contribution is 0.373. The van der Waals surface area contributed by atoms with E-state index < -0.39 is 0 Å². The summed E-state index contributed by atoms with van der Waals surface area (Å²) in [7, 11) is 0. The summed E-state index contributed by atoms with van der Waals surface area (Å²) in [5, 5.41) is 3.40. The molecule has 1 saturated carbocycles. The van der Waals surface area contributed by atoms with Crippen LogP contribution in [0.2, 0.25) is 5.02 Å². The molecule has 1 aliphatic carbocycles. The predicted molar refractivity (Wildman–Crippen MR) is 77.2 cm³/mol. The summed E-state index contributed by atoms with van der Waals surface area (Å²) >= 11 is 5.77. The molecule has 0 radical (unpaired) electrons. The van der Waals surface area contributed by atoms with Gasteiger partial charge < -0.3 is 5.32 Å². The van der Waals surface area contributed by atoms with E-state index in [0.29, 0.717) is 17.6 Å². The number of hydrogen-bond acceptors (Lipinski definition) is 1. The van der Waals surface area contributed by atoms with Crippen LogP contribution in [0.15, 0.2) is 48.5 Å². The Balaban J connectivity index is 1.61. The molecule has 2 aromatic carbocycles. The molecule has 3 rings (SSSR count). The van der Waals surface area contributed by atoms with E-state index in [0.717, 1.165) is 12.8 Å². The molecule has 98 valence electrons. The van der Waals surface area contributed by atoms with Crippen LogP contribution in [0, 0.1) is 5.82 Å². The van der Waals surface area contributed by atoms with Gasteiger partial charge in [0.05, 0.1) is 10.7 Å². The van der Waals surface area contributed by atoms with Crippen molar-refractivity contribution in [2.45, 2.75) is 24.8 Å². The molecule has 0 atom stereocenters. The van der Waals surface area contributed by atoms with Gasteiger partial charge in [0, 0.05) is 6.04 Å². The number of anilines is 1. The van der Waals surface area contributed by atoms with Crippen LogP contribution in [-0.4, -0.2) is 6.04 Å². The molecule has 0 saturated heterocycles. The van der Waals surface area contributed by atoms with E-state index in [4.69, 9.17) is 11.6 Å². The molecule has 1 N–H and O–H groups in total. The van der Waals surface area contributed by atoms with Gasteiger partial charge in [0.25, 0.3) is 0 Å². The molecule has 3 heteroatoms. The van der Waals surface area contributed by atoms with Crippen molar-refractivity contribution in [2.75, 3.05) is 5.32 Å². The molecule has 0 aliphatic heterocycles. The van der Waals surface area contributed by atoms with E-state index in [1.807, 2.05) is 6.07 Å². The van der Waals surface area contributed by atoms with Crippen LogP contribution in [0.3, 0.4) is 0 Å². The van der Waals surface area contributed by atoms with Crippen molar-refractivity contribution in [1.82, 2.24) is 0 Å². The number of rotatable bonds is 3. The van der Waals surface area contributed by atoms with Crippen LogP contribution in [0.5, 0.6) is 0 Å². The van der Waals surface area contributed by atoms with Gasteiger partial charge >= 0.3 is 0 Å². The Morgan fingerprint density at radius 1 is 1.00 bits per heavy atom. The highest BCUT2D eigenvalue weighted by molar-refractivity contribution is 6.31. The smallest absolute Gasteiger partial charge is 0.164 e. The SMILES string of the molecule is Fc1c(Cl)cccc1NC1CC(c2ccccc2)C1. The quantitative estimate of drug-likeness (QED) is 0.845. The minimum absolute atomic E-state index is 0.170. The Kier molecular flexibility index (Phi) is 3.43. The Morgan fingerprint density at radius 2 is 1.74 bits per heavy atom. The molecule has 2 aromatic rings. The second-order valence-corrected chi connectivity index (χ2v) is 5.43. The van der Waals surface area contributed by atoms with E-state index in [-0.39, 0.29) is 10.8 Å². The molecular formula is C16H15ClFN. The predicted octanol–water partition coefficient (Wildman–Crippen LogP) is 4.84. The summed E-state index contributed by atoms with van der Waals surface area (Å²) < 4.78 is 13.7. The fraction of sp³-hybridized carbons (Fsp3) is 0.250. The number of hydrogen-bond donors (Lipinski definition) is 1. The normalized spacial score (nSPS) is 21.8. The summed E-state index contributed by atoms with van der Waals surface area (Å²) in [6.07, 6.45) is 2.08. The molecular weight excluding hydrogens is 261 g/mol. The first-order chi connectivity index (χ1) is 9.24. The third-order valence-electron chi connectivity index (χ3n) is 3.72. The molecule has 0 bridgehead atoms. The van der Waals surface area contributed by atoms with Crippen LogP contribution in [0.1, 0.15) is 24.3 Å². The fourth-order valence-electron chi connectivity index (χ4n) is 2.57. The van der Waals surface area contributed by atoms with Crippen molar-refractivity contribution < 1.29 is 4.39 Å². The van der Waals surface area contributed by atoms with Crippen LogP contribution in [0.25, 0.3) is 0 Å². The summed E-state index contributed by atoms with van der Waals surface area (Å²) in [6.45, 7) is 0. The zero-order chi connectivity index (χ0) is 13.2. The van der Waals surface area contributed by atoms with Crippen molar-refractivity contribution in [3.8, 4) is 0 Å². The first-order valence-electron chi connectivity index (χ1n) is 6.49. The van der Waals surface area contributed by atoms with Crippen molar-refractivity contribution in [1.29, 1.82) is 0 Å². The monoisotopic (exact) mass is 275 g/mol. The highest BCUT2D eigenvalue weighted by Crippen LogP contribution is 2.39. The summed E-state index contributed by atoms with van der Waals surface area (Å²) in [6, 6.07) is 15.9. The molecule has 1 nitrogen and oxygen atoms in total. The average Bonchev–Trinajstić information content (AvgIpc) is 2.39. The topological polar surface area (TPSA) is 12.0 Å². The van der Waals surface area contributed by atoms with E-state index in [1.54, 1.807) is 18.2 Å². The van der Waals surface area contributed by atoms with E-state index >= 15 is 0 Å². The summed E-state index contributed by atoms with van der Waals surface area (Å²) in [5.41, 5.74) is 1.87. The maximum atomic E-state index is 13.7. The molecule has 0 unspecified atom stereocenters. The molecule has 1 aliphatic rings. The van der Waals surface area contributed by atoms with E-state index in [9.17, 15) is 4.39 Å². The highest BCUT2D eigenvalue weighted by atomic mass is 35.5. The zero-order valence-electron chi connectivity index (χ0n) is 10.4. The van der Waals surface area contributed by atoms with Crippen molar-refractivity contribution in [2.24, 2.45) is 0 Å². The number of nitrogens with one attached hydrogen (secondary N) is 1. The van der Waals surface area contributed by atoms with Crippen LogP contribution in [-0.2, 0) is 0 Å². The van der Waals surface area contributed by atoms with Gasteiger partial charge in [-0.1, -0.05) is 48.0 Å². The lowest BCUT2D eigenvalue weighted by Crippen LogP contribution is -2.34. The maximum Gasteiger partial charge on any atom is 0.164 e. The second kappa shape index (κ2) is 5.22. The Bertz CT molecular complexity index is 564. The van der Waals surface area contributed by atoms with Gasteiger partial charge in [-0.25, -0.2) is 4.39 Å². The minimum atomic E-state index is -0.354. The average molecular weight is 276 g/mol. The van der Waals surface area contributed by atoms with Crippen molar-refractivity contribution in [3.63, 3.8) is 0 Å². The van der Waals surface area contributed by atoms with Crippen LogP contribution in [0.4, 0.5) is 10.1 Å². The fourth-order valence-corrected chi connectivity index (χ4v) is 2.74. The summed E-state index contributed by atoms with van der Waals surface area (Å²) in [4.78, 5) is 0. The largest absolute Gasteiger partial charge is 0.380 e. The molecule has 0 spiro atoms. The Labute approximate surface area is 117 Å². The van der Waals surface area contributed by atoms with Gasteiger partial charge in [-0.2, -0.15) is 0 Å². The lowest BCUT2D eigenvalue weighted by atomic mass is 9.76. The minimum Gasteiger partial charge on any atom is -0.380 e. The first-order valence-corrected chi connectivity index (χ1v) is 6.87. The third kappa shape index (κ3) is 2.59. The van der Waals surface area contributed by atoms with Gasteiger partial charge in [0.1, 0.15) is 0 Å². The van der Waals surface area contributed by atoms with Crippen LogP contribution < -0.4 is 5.32 Å². The standard InChI is InChI=1S/C16H15ClFN/c17-14-7-4-8-15(16(14)18)19-13-9-12(10-13)11-5-2-1-3-6-11/h1-8,12-13,19H,9-10H2. The molecule has 0 aromatic heterocycles. The molecule has 19 heavy (non-hydrogen) atoms. The van der Waals surface area contributed by atoms with Crippen molar-refractivity contribution in [3.05, 3.63) is 64.9 Å². The van der Waals surface area contributed by atoms with Gasteiger partial charge in [0.15, 0.2) is 5.82 Å². The van der Waals surface area contributed by atoms with E-state index in [1.165, 1.54) is 5.56 Å². The molecule has 0 heterocycles. The van der Waals surface area contributed by atoms with Gasteiger partial charge in [-0.05, 0) is 36.5 Å². The Hall–Kier alpha value is -1.54. The second-order valence-electron chi connectivity index (χ2n) is 5.02. The highest BCUT2D eigenvalue weighted by Gasteiger charge is 2.30. The Morgan fingerprint density at radius 3 is 2.47 bits per heavy atom. The van der Waals surface area contributed by atoms with Crippen molar-refractivity contribution >= 4 is 17.3 Å². The van der Waals surface area contributed by atoms with E-state index in [2.05, 4.69) is 29.6 Å². The van der Waals surface area contributed by atoms with Crippen LogP contribution >= 0.6 is 11.6 Å².